The van der Waals surface area contributed by atoms with Gasteiger partial charge in [0.05, 0.1) is 0 Å². The summed E-state index contributed by atoms with van der Waals surface area (Å²) < 4.78 is 10.9. The molecule has 0 amide bonds. The van der Waals surface area contributed by atoms with E-state index in [1.54, 1.807) is 0 Å². The van der Waals surface area contributed by atoms with Crippen molar-refractivity contribution in [3.8, 4) is 5.75 Å². The van der Waals surface area contributed by atoms with Crippen LogP contribution in [0.15, 0.2) is 22.7 Å². The molecule has 1 aliphatic carbocycles. The zero-order valence-electron chi connectivity index (χ0n) is 12.5. The second kappa shape index (κ2) is 5.85. The molecule has 0 spiro atoms. The molecule has 0 saturated heterocycles. The van der Waals surface area contributed by atoms with Crippen molar-refractivity contribution in [3.63, 3.8) is 0 Å². The fraction of sp³-hybridized carbons (Fsp3) is 0.500. The third-order valence-electron chi connectivity index (χ3n) is 3.84. The lowest BCUT2D eigenvalue weighted by atomic mass is 9.88. The largest absolute Gasteiger partial charge is 0.484 e. The van der Waals surface area contributed by atoms with Crippen LogP contribution in [0.1, 0.15) is 61.5 Å². The lowest BCUT2D eigenvalue weighted by Crippen LogP contribution is -2.17. The molecular weight excluding hydrogens is 266 g/mol. The number of hydrogen-bond donors (Lipinski definition) is 1. The molecule has 5 nitrogen and oxygen atoms in total. The van der Waals surface area contributed by atoms with Crippen LogP contribution in [0.3, 0.4) is 0 Å². The van der Waals surface area contributed by atoms with Gasteiger partial charge in [-0.3, -0.25) is 0 Å². The first-order chi connectivity index (χ1) is 10.1. The Labute approximate surface area is 124 Å². The van der Waals surface area contributed by atoms with E-state index in [4.69, 9.17) is 15.0 Å². The molecule has 21 heavy (non-hydrogen) atoms. The molecule has 1 aliphatic rings. The first-order valence-corrected chi connectivity index (χ1v) is 7.47. The zero-order chi connectivity index (χ0) is 14.8. The number of rotatable bonds is 4. The first kappa shape index (κ1) is 14.1. The minimum absolute atomic E-state index is 0.119. The SMILES string of the molecule is CC(C)c1noc(COc2ccc3c(c2)C(N)CCC3)n1. The van der Waals surface area contributed by atoms with E-state index in [0.717, 1.165) is 25.0 Å². The number of aryl methyl sites for hydroxylation is 1. The van der Waals surface area contributed by atoms with Crippen molar-refractivity contribution in [1.82, 2.24) is 10.1 Å². The van der Waals surface area contributed by atoms with Crippen LogP contribution in [0.25, 0.3) is 0 Å². The van der Waals surface area contributed by atoms with E-state index in [0.29, 0.717) is 11.7 Å². The Kier molecular flexibility index (Phi) is 3.92. The molecule has 1 aromatic carbocycles. The Balaban J connectivity index is 1.69. The van der Waals surface area contributed by atoms with Crippen LogP contribution in [0.2, 0.25) is 0 Å². The van der Waals surface area contributed by atoms with Crippen molar-refractivity contribution in [2.75, 3.05) is 0 Å². The molecule has 5 heteroatoms. The van der Waals surface area contributed by atoms with Crippen molar-refractivity contribution < 1.29 is 9.26 Å². The molecule has 0 radical (unpaired) electrons. The van der Waals surface area contributed by atoms with Crippen molar-refractivity contribution in [2.45, 2.75) is 51.7 Å². The number of aromatic nitrogens is 2. The van der Waals surface area contributed by atoms with Gasteiger partial charge in [-0.05, 0) is 42.5 Å². The molecule has 112 valence electrons. The number of fused-ring (bicyclic) bond motifs is 1. The molecule has 3 rings (SSSR count). The second-order valence-electron chi connectivity index (χ2n) is 5.85. The highest BCUT2D eigenvalue weighted by Gasteiger charge is 2.17. The van der Waals surface area contributed by atoms with Gasteiger partial charge >= 0.3 is 0 Å². The van der Waals surface area contributed by atoms with Gasteiger partial charge in [0.2, 0.25) is 0 Å². The molecule has 2 N–H and O–H groups in total. The second-order valence-corrected chi connectivity index (χ2v) is 5.85. The van der Waals surface area contributed by atoms with E-state index in [-0.39, 0.29) is 18.6 Å². The van der Waals surface area contributed by atoms with Crippen LogP contribution in [-0.2, 0) is 13.0 Å². The van der Waals surface area contributed by atoms with Gasteiger partial charge in [0.25, 0.3) is 5.89 Å². The molecule has 0 fully saturated rings. The van der Waals surface area contributed by atoms with E-state index in [1.165, 1.54) is 11.1 Å². The van der Waals surface area contributed by atoms with Crippen molar-refractivity contribution >= 4 is 0 Å². The van der Waals surface area contributed by atoms with Crippen LogP contribution in [0, 0.1) is 0 Å². The van der Waals surface area contributed by atoms with Gasteiger partial charge in [-0.15, -0.1) is 0 Å². The lowest BCUT2D eigenvalue weighted by Gasteiger charge is -2.22. The maximum absolute atomic E-state index is 6.16. The number of benzene rings is 1. The molecule has 0 bridgehead atoms. The molecular formula is C16H21N3O2. The van der Waals surface area contributed by atoms with Gasteiger partial charge in [0.1, 0.15) is 5.75 Å². The van der Waals surface area contributed by atoms with E-state index in [1.807, 2.05) is 26.0 Å². The highest BCUT2D eigenvalue weighted by Crippen LogP contribution is 2.31. The maximum Gasteiger partial charge on any atom is 0.264 e. The Morgan fingerprint density at radius 2 is 2.29 bits per heavy atom. The van der Waals surface area contributed by atoms with Crippen LogP contribution < -0.4 is 10.5 Å². The van der Waals surface area contributed by atoms with Crippen molar-refractivity contribution in [1.29, 1.82) is 0 Å². The standard InChI is InChI=1S/C16H21N3O2/c1-10(2)16-18-15(21-19-16)9-20-12-7-6-11-4-3-5-14(17)13(11)8-12/h6-8,10,14H,3-5,9,17H2,1-2H3. The first-order valence-electron chi connectivity index (χ1n) is 7.47. The van der Waals surface area contributed by atoms with Gasteiger partial charge in [-0.2, -0.15) is 4.98 Å². The van der Waals surface area contributed by atoms with Crippen LogP contribution in [-0.4, -0.2) is 10.1 Å². The van der Waals surface area contributed by atoms with Gasteiger partial charge in [0, 0.05) is 12.0 Å². The van der Waals surface area contributed by atoms with E-state index in [2.05, 4.69) is 16.2 Å². The smallest absolute Gasteiger partial charge is 0.264 e. The van der Waals surface area contributed by atoms with Gasteiger partial charge in [-0.25, -0.2) is 0 Å². The average molecular weight is 287 g/mol. The molecule has 1 atom stereocenters. The van der Waals surface area contributed by atoms with E-state index in [9.17, 15) is 0 Å². The highest BCUT2D eigenvalue weighted by molar-refractivity contribution is 5.39. The summed E-state index contributed by atoms with van der Waals surface area (Å²) in [6.45, 7) is 4.34. The molecule has 2 aromatic rings. The summed E-state index contributed by atoms with van der Waals surface area (Å²) in [6.07, 6.45) is 3.30. The monoisotopic (exact) mass is 287 g/mol. The van der Waals surface area contributed by atoms with Gasteiger partial charge in [-0.1, -0.05) is 25.1 Å². The molecule has 1 unspecified atom stereocenters. The minimum atomic E-state index is 0.119. The predicted molar refractivity (Wildman–Crippen MR) is 79.0 cm³/mol. The highest BCUT2D eigenvalue weighted by atomic mass is 16.5. The summed E-state index contributed by atoms with van der Waals surface area (Å²) in [5.74, 6) is 2.27. The maximum atomic E-state index is 6.16. The minimum Gasteiger partial charge on any atom is -0.484 e. The molecule has 0 aliphatic heterocycles. The quantitative estimate of drug-likeness (QED) is 0.935. The Morgan fingerprint density at radius 3 is 3.05 bits per heavy atom. The summed E-state index contributed by atoms with van der Waals surface area (Å²) in [6, 6.07) is 6.25. The summed E-state index contributed by atoms with van der Waals surface area (Å²) in [5.41, 5.74) is 8.70. The topological polar surface area (TPSA) is 74.2 Å². The Morgan fingerprint density at radius 1 is 1.43 bits per heavy atom. The molecule has 1 heterocycles. The lowest BCUT2D eigenvalue weighted by molar-refractivity contribution is 0.242. The average Bonchev–Trinajstić information content (AvgIpc) is 2.95. The summed E-state index contributed by atoms with van der Waals surface area (Å²) in [7, 11) is 0. The number of ether oxygens (including phenoxy) is 1. The molecule has 1 aromatic heterocycles. The summed E-state index contributed by atoms with van der Waals surface area (Å²) >= 11 is 0. The number of nitrogens with two attached hydrogens (primary N) is 1. The van der Waals surface area contributed by atoms with E-state index < -0.39 is 0 Å². The van der Waals surface area contributed by atoms with Crippen molar-refractivity contribution in [3.05, 3.63) is 41.0 Å². The van der Waals surface area contributed by atoms with Crippen molar-refractivity contribution in [2.24, 2.45) is 5.73 Å². The van der Waals surface area contributed by atoms with Crippen LogP contribution in [0.5, 0.6) is 5.75 Å². The normalized spacial score (nSPS) is 17.8. The van der Waals surface area contributed by atoms with E-state index >= 15 is 0 Å². The third-order valence-corrected chi connectivity index (χ3v) is 3.84. The zero-order valence-corrected chi connectivity index (χ0v) is 12.5. The number of hydrogen-bond acceptors (Lipinski definition) is 5. The fourth-order valence-corrected chi connectivity index (χ4v) is 2.61. The predicted octanol–water partition coefficient (Wildman–Crippen LogP) is 3.11. The number of nitrogens with zero attached hydrogens (tertiary/aromatic N) is 2. The third kappa shape index (κ3) is 3.08. The Bertz CT molecular complexity index is 622. The van der Waals surface area contributed by atoms with Crippen LogP contribution >= 0.6 is 0 Å². The summed E-state index contributed by atoms with van der Waals surface area (Å²) in [5, 5.41) is 3.92. The fourth-order valence-electron chi connectivity index (χ4n) is 2.61. The molecule has 0 saturated carbocycles. The van der Waals surface area contributed by atoms with Gasteiger partial charge in [0.15, 0.2) is 12.4 Å². The Hall–Kier alpha value is -1.88. The van der Waals surface area contributed by atoms with Crippen LogP contribution in [0.4, 0.5) is 0 Å². The summed E-state index contributed by atoms with van der Waals surface area (Å²) in [4.78, 5) is 4.30. The van der Waals surface area contributed by atoms with Gasteiger partial charge < -0.3 is 15.0 Å².